The molecule has 0 saturated heterocycles. The van der Waals surface area contributed by atoms with E-state index in [-0.39, 0.29) is 6.04 Å². The fraction of sp³-hybridized carbons (Fsp3) is 0.455. The van der Waals surface area contributed by atoms with Gasteiger partial charge in [-0.3, -0.25) is 0 Å². The van der Waals surface area contributed by atoms with Gasteiger partial charge >= 0.3 is 0 Å². The van der Waals surface area contributed by atoms with Crippen LogP contribution in [0.25, 0.3) is 11.0 Å². The van der Waals surface area contributed by atoms with Crippen LogP contribution in [0.3, 0.4) is 0 Å². The lowest BCUT2D eigenvalue weighted by Crippen LogP contribution is -2.30. The molecule has 1 saturated carbocycles. The summed E-state index contributed by atoms with van der Waals surface area (Å²) in [7, 11) is 0. The van der Waals surface area contributed by atoms with Gasteiger partial charge in [-0.05, 0) is 55.7 Å². The van der Waals surface area contributed by atoms with Gasteiger partial charge in [0, 0.05) is 18.1 Å². The second kappa shape index (κ2) is 9.24. The van der Waals surface area contributed by atoms with E-state index in [0.717, 1.165) is 54.5 Å². The van der Waals surface area contributed by atoms with Crippen molar-refractivity contribution < 1.29 is 5.11 Å². The van der Waals surface area contributed by atoms with Gasteiger partial charge in [0.2, 0.25) is 0 Å². The molecule has 0 aliphatic heterocycles. The Bertz CT molecular complexity index is 919. The first-order valence-electron chi connectivity index (χ1n) is 10.3. The molecule has 4 N–H and O–H groups in total. The van der Waals surface area contributed by atoms with Crippen LogP contribution in [0.2, 0.25) is 0 Å². The van der Waals surface area contributed by atoms with E-state index >= 15 is 0 Å². The van der Waals surface area contributed by atoms with Crippen molar-refractivity contribution in [2.45, 2.75) is 37.8 Å². The predicted molar refractivity (Wildman–Crippen MR) is 111 cm³/mol. The Morgan fingerprint density at radius 3 is 2.69 bits per heavy atom. The number of aromatic amines is 1. The number of hydrogen-bond acceptors (Lipinski definition) is 6. The van der Waals surface area contributed by atoms with E-state index in [1.165, 1.54) is 0 Å². The maximum absolute atomic E-state index is 10.3. The van der Waals surface area contributed by atoms with E-state index in [1.54, 1.807) is 6.33 Å². The lowest BCUT2D eigenvalue weighted by molar-refractivity contribution is 0.167. The number of H-pyrrole nitrogens is 1. The van der Waals surface area contributed by atoms with Crippen molar-refractivity contribution in [2.75, 3.05) is 13.1 Å². The SMILES string of the molecule is N=NC(c1ncnc2[nH]ccc12)C1CCC(CNCC(O)c2ccccc2)CC1. The van der Waals surface area contributed by atoms with Crippen LogP contribution in [0.4, 0.5) is 0 Å². The zero-order valence-electron chi connectivity index (χ0n) is 16.5. The Hall–Kier alpha value is -2.64. The lowest BCUT2D eigenvalue weighted by atomic mass is 9.77. The first-order chi connectivity index (χ1) is 14.3. The van der Waals surface area contributed by atoms with Crippen LogP contribution in [0.15, 0.2) is 54.0 Å². The third-order valence-corrected chi connectivity index (χ3v) is 6.10. The van der Waals surface area contributed by atoms with Crippen LogP contribution in [0, 0.1) is 17.4 Å². The summed E-state index contributed by atoms with van der Waals surface area (Å²) in [5.41, 5.74) is 10.4. The van der Waals surface area contributed by atoms with Gasteiger partial charge in [0.25, 0.3) is 0 Å². The zero-order valence-corrected chi connectivity index (χ0v) is 16.5. The second-order valence-electron chi connectivity index (χ2n) is 7.94. The molecular weight excluding hydrogens is 364 g/mol. The van der Waals surface area contributed by atoms with E-state index in [1.807, 2.05) is 42.6 Å². The smallest absolute Gasteiger partial charge is 0.141 e. The van der Waals surface area contributed by atoms with Gasteiger partial charge in [0.05, 0.1) is 11.8 Å². The van der Waals surface area contributed by atoms with Crippen molar-refractivity contribution in [2.24, 2.45) is 17.0 Å². The van der Waals surface area contributed by atoms with E-state index < -0.39 is 6.10 Å². The van der Waals surface area contributed by atoms with Gasteiger partial charge < -0.3 is 15.4 Å². The summed E-state index contributed by atoms with van der Waals surface area (Å²) in [5.74, 6) is 0.935. The molecule has 0 spiro atoms. The number of hydrogen-bond donors (Lipinski definition) is 4. The zero-order chi connectivity index (χ0) is 20.1. The van der Waals surface area contributed by atoms with Crippen molar-refractivity contribution in [3.05, 3.63) is 60.2 Å². The summed E-state index contributed by atoms with van der Waals surface area (Å²) >= 11 is 0. The number of nitrogens with one attached hydrogen (secondary N) is 3. The van der Waals surface area contributed by atoms with Crippen LogP contribution in [0.1, 0.15) is 49.1 Å². The monoisotopic (exact) mass is 392 g/mol. The van der Waals surface area contributed by atoms with Gasteiger partial charge in [-0.1, -0.05) is 30.3 Å². The Morgan fingerprint density at radius 1 is 1.14 bits per heavy atom. The molecule has 7 heteroatoms. The maximum Gasteiger partial charge on any atom is 0.141 e. The number of fused-ring (bicyclic) bond motifs is 1. The Labute approximate surface area is 170 Å². The number of benzene rings is 1. The fourth-order valence-electron chi connectivity index (χ4n) is 4.44. The summed E-state index contributed by atoms with van der Waals surface area (Å²) < 4.78 is 0. The number of nitrogens with zero attached hydrogens (tertiary/aromatic N) is 3. The predicted octanol–water partition coefficient (Wildman–Crippen LogP) is 4.16. The highest BCUT2D eigenvalue weighted by atomic mass is 16.3. The summed E-state index contributed by atoms with van der Waals surface area (Å²) in [6.07, 6.45) is 7.23. The third kappa shape index (κ3) is 4.52. The molecule has 0 amide bonds. The van der Waals surface area contributed by atoms with E-state index in [4.69, 9.17) is 5.53 Å². The first-order valence-corrected chi connectivity index (χ1v) is 10.3. The lowest BCUT2D eigenvalue weighted by Gasteiger charge is -2.31. The molecule has 2 atom stereocenters. The highest BCUT2D eigenvalue weighted by molar-refractivity contribution is 5.78. The highest BCUT2D eigenvalue weighted by Crippen LogP contribution is 2.39. The molecule has 7 nitrogen and oxygen atoms in total. The van der Waals surface area contributed by atoms with Crippen molar-refractivity contribution in [1.82, 2.24) is 20.3 Å². The number of rotatable bonds is 8. The van der Waals surface area contributed by atoms with Crippen molar-refractivity contribution >= 4 is 11.0 Å². The quantitative estimate of drug-likeness (QED) is 0.431. The molecule has 1 aliphatic rings. The van der Waals surface area contributed by atoms with Crippen LogP contribution in [-0.4, -0.2) is 33.1 Å². The fourth-order valence-corrected chi connectivity index (χ4v) is 4.44. The van der Waals surface area contributed by atoms with Gasteiger partial charge in [-0.15, -0.1) is 0 Å². The number of aromatic nitrogens is 3. The summed E-state index contributed by atoms with van der Waals surface area (Å²) in [6.45, 7) is 1.48. The molecule has 2 aromatic heterocycles. The molecule has 1 aliphatic carbocycles. The topological polar surface area (TPSA) is 110 Å². The largest absolute Gasteiger partial charge is 0.387 e. The average molecular weight is 393 g/mol. The maximum atomic E-state index is 10.3. The molecule has 0 bridgehead atoms. The molecule has 29 heavy (non-hydrogen) atoms. The molecule has 0 radical (unpaired) electrons. The van der Waals surface area contributed by atoms with Crippen molar-refractivity contribution in [3.63, 3.8) is 0 Å². The van der Waals surface area contributed by atoms with Crippen LogP contribution in [0.5, 0.6) is 0 Å². The normalized spacial score (nSPS) is 21.7. The highest BCUT2D eigenvalue weighted by Gasteiger charge is 2.30. The van der Waals surface area contributed by atoms with E-state index in [0.29, 0.717) is 18.4 Å². The molecule has 3 aromatic rings. The van der Waals surface area contributed by atoms with E-state index in [2.05, 4.69) is 25.4 Å². The molecular formula is C22H28N6O. The standard InChI is InChI=1S/C22H28N6O/c23-28-20(21-18-10-11-25-22(18)27-14-26-21)17-8-6-15(7-9-17)12-24-13-19(29)16-4-2-1-3-5-16/h1-5,10-11,14-15,17,19-20,23-24,29H,6-9,12-13H2,(H,25,26,27). The first kappa shape index (κ1) is 19.7. The summed E-state index contributed by atoms with van der Waals surface area (Å²) in [4.78, 5) is 11.8. The Kier molecular flexibility index (Phi) is 6.27. The minimum atomic E-state index is -0.472. The summed E-state index contributed by atoms with van der Waals surface area (Å²) in [5, 5.41) is 18.6. The van der Waals surface area contributed by atoms with E-state index in [9.17, 15) is 5.11 Å². The molecule has 4 rings (SSSR count). The molecule has 152 valence electrons. The third-order valence-electron chi connectivity index (χ3n) is 6.10. The Balaban J connectivity index is 1.28. The van der Waals surface area contributed by atoms with Crippen molar-refractivity contribution in [3.8, 4) is 0 Å². The minimum Gasteiger partial charge on any atom is -0.387 e. The number of aliphatic hydroxyl groups excluding tert-OH is 1. The average Bonchev–Trinajstić information content (AvgIpc) is 3.25. The van der Waals surface area contributed by atoms with Gasteiger partial charge in [0.1, 0.15) is 18.0 Å². The van der Waals surface area contributed by atoms with Crippen LogP contribution in [-0.2, 0) is 0 Å². The number of aliphatic hydroxyl groups is 1. The van der Waals surface area contributed by atoms with Crippen LogP contribution < -0.4 is 5.32 Å². The van der Waals surface area contributed by atoms with Gasteiger partial charge in [-0.2, -0.15) is 5.11 Å². The van der Waals surface area contributed by atoms with Crippen LogP contribution >= 0.6 is 0 Å². The van der Waals surface area contributed by atoms with Gasteiger partial charge in [0.15, 0.2) is 0 Å². The molecule has 2 unspecified atom stereocenters. The Morgan fingerprint density at radius 2 is 1.93 bits per heavy atom. The molecule has 1 aromatic carbocycles. The minimum absolute atomic E-state index is 0.204. The molecule has 1 fully saturated rings. The second-order valence-corrected chi connectivity index (χ2v) is 7.94. The van der Waals surface area contributed by atoms with Crippen molar-refractivity contribution in [1.29, 1.82) is 5.53 Å². The van der Waals surface area contributed by atoms with Gasteiger partial charge in [-0.25, -0.2) is 15.5 Å². The molecule has 2 heterocycles. The summed E-state index contributed by atoms with van der Waals surface area (Å²) in [6, 6.07) is 11.5.